The average Bonchev–Trinajstić information content (AvgIpc) is 3.26. The first kappa shape index (κ1) is 14.8. The number of methoxy groups -OCH3 is 1. The first-order valence-electron chi connectivity index (χ1n) is 7.41. The van der Waals surface area contributed by atoms with Gasteiger partial charge in [0, 0.05) is 17.6 Å². The first-order chi connectivity index (χ1) is 11.8. The molecule has 7 heteroatoms. The number of anilines is 1. The number of ether oxygens (including phenoxy) is 1. The highest BCUT2D eigenvalue weighted by Gasteiger charge is 2.19. The molecule has 0 saturated heterocycles. The summed E-state index contributed by atoms with van der Waals surface area (Å²) in [5.74, 6) is 1.59. The molecule has 0 atom stereocenters. The van der Waals surface area contributed by atoms with Crippen LogP contribution in [0.1, 0.15) is 5.69 Å². The minimum Gasteiger partial charge on any atom is -0.383 e. The van der Waals surface area contributed by atoms with E-state index in [-0.39, 0.29) is 0 Å². The minimum absolute atomic E-state index is 0.363. The molecule has 0 spiro atoms. The monoisotopic (exact) mass is 337 g/mol. The normalized spacial score (nSPS) is 11.2. The predicted octanol–water partition coefficient (Wildman–Crippen LogP) is 3.25. The lowest BCUT2D eigenvalue weighted by molar-refractivity contribution is 0.182. The van der Waals surface area contributed by atoms with Crippen molar-refractivity contribution in [1.29, 1.82) is 0 Å². The highest BCUT2D eigenvalue weighted by molar-refractivity contribution is 7.13. The zero-order valence-electron chi connectivity index (χ0n) is 13.0. The number of nitrogens with two attached hydrogens (primary N) is 1. The molecule has 3 heterocycles. The number of hydrogen-bond donors (Lipinski definition) is 1. The summed E-state index contributed by atoms with van der Waals surface area (Å²) >= 11 is 1.60. The summed E-state index contributed by atoms with van der Waals surface area (Å²) in [6, 6.07) is 13.8. The second-order valence-corrected chi connectivity index (χ2v) is 6.19. The van der Waals surface area contributed by atoms with E-state index in [1.54, 1.807) is 23.0 Å². The van der Waals surface area contributed by atoms with Crippen molar-refractivity contribution in [2.24, 2.45) is 0 Å². The lowest BCUT2D eigenvalue weighted by Crippen LogP contribution is -2.07. The van der Waals surface area contributed by atoms with E-state index in [0.29, 0.717) is 24.0 Å². The lowest BCUT2D eigenvalue weighted by atomic mass is 10.2. The van der Waals surface area contributed by atoms with E-state index in [4.69, 9.17) is 10.5 Å². The highest BCUT2D eigenvalue weighted by atomic mass is 32.1. The van der Waals surface area contributed by atoms with Crippen molar-refractivity contribution < 1.29 is 4.74 Å². The van der Waals surface area contributed by atoms with E-state index >= 15 is 0 Å². The molecule has 0 unspecified atom stereocenters. The van der Waals surface area contributed by atoms with E-state index in [1.807, 2.05) is 47.8 Å². The lowest BCUT2D eigenvalue weighted by Gasteiger charge is -2.10. The van der Waals surface area contributed by atoms with Crippen molar-refractivity contribution in [3.8, 4) is 21.8 Å². The maximum Gasteiger partial charge on any atom is 0.255 e. The van der Waals surface area contributed by atoms with Gasteiger partial charge < -0.3 is 10.5 Å². The number of aromatic nitrogens is 4. The molecule has 0 radical (unpaired) electrons. The van der Waals surface area contributed by atoms with E-state index in [9.17, 15) is 0 Å². The summed E-state index contributed by atoms with van der Waals surface area (Å²) in [7, 11) is 1.64. The van der Waals surface area contributed by atoms with Crippen LogP contribution in [0.3, 0.4) is 0 Å². The summed E-state index contributed by atoms with van der Waals surface area (Å²) in [6.07, 6.45) is 0. The topological polar surface area (TPSA) is 78.3 Å². The summed E-state index contributed by atoms with van der Waals surface area (Å²) in [6.45, 7) is 0.363. The molecule has 6 nitrogen and oxygen atoms in total. The largest absolute Gasteiger partial charge is 0.383 e. The molecule has 0 bridgehead atoms. The average molecular weight is 337 g/mol. The van der Waals surface area contributed by atoms with Crippen LogP contribution in [0.25, 0.3) is 27.6 Å². The molecular formula is C17H15N5OS. The molecule has 1 aromatic carbocycles. The molecule has 0 amide bonds. The zero-order chi connectivity index (χ0) is 16.5. The molecule has 0 aliphatic heterocycles. The summed E-state index contributed by atoms with van der Waals surface area (Å²) in [4.78, 5) is 10.2. The number of benzene rings is 1. The van der Waals surface area contributed by atoms with Gasteiger partial charge in [0.2, 0.25) is 0 Å². The van der Waals surface area contributed by atoms with Crippen LogP contribution in [0.15, 0.2) is 47.8 Å². The van der Waals surface area contributed by atoms with Gasteiger partial charge in [-0.25, -0.2) is 4.98 Å². The third-order valence-electron chi connectivity index (χ3n) is 3.68. The maximum atomic E-state index is 6.40. The minimum atomic E-state index is 0.363. The van der Waals surface area contributed by atoms with Gasteiger partial charge in [-0.2, -0.15) is 9.50 Å². The number of nitrogens with zero attached hydrogens (tertiary/aromatic N) is 4. The molecular weight excluding hydrogens is 322 g/mol. The van der Waals surface area contributed by atoms with Crippen LogP contribution in [0.5, 0.6) is 0 Å². The molecule has 120 valence electrons. The first-order valence-corrected chi connectivity index (χ1v) is 8.29. The molecule has 4 aromatic rings. The second kappa shape index (κ2) is 6.03. The van der Waals surface area contributed by atoms with E-state index in [0.717, 1.165) is 21.7 Å². The molecule has 24 heavy (non-hydrogen) atoms. The third kappa shape index (κ3) is 2.44. The number of hydrogen-bond acceptors (Lipinski definition) is 6. The second-order valence-electron chi connectivity index (χ2n) is 5.24. The predicted molar refractivity (Wildman–Crippen MR) is 94.7 cm³/mol. The van der Waals surface area contributed by atoms with Crippen LogP contribution < -0.4 is 5.73 Å². The van der Waals surface area contributed by atoms with Gasteiger partial charge in [-0.15, -0.1) is 16.4 Å². The van der Waals surface area contributed by atoms with Gasteiger partial charge in [-0.3, -0.25) is 0 Å². The molecule has 4 rings (SSSR count). The Hall–Kier alpha value is -2.77. The Balaban J connectivity index is 1.95. The van der Waals surface area contributed by atoms with Crippen LogP contribution >= 0.6 is 11.3 Å². The van der Waals surface area contributed by atoms with Gasteiger partial charge in [0.25, 0.3) is 5.78 Å². The van der Waals surface area contributed by atoms with Gasteiger partial charge in [-0.05, 0) is 11.4 Å². The molecule has 0 aliphatic carbocycles. The van der Waals surface area contributed by atoms with Gasteiger partial charge >= 0.3 is 0 Å². The van der Waals surface area contributed by atoms with Crippen LogP contribution in [0.4, 0.5) is 5.82 Å². The van der Waals surface area contributed by atoms with Crippen molar-refractivity contribution in [1.82, 2.24) is 19.6 Å². The number of fused-ring (bicyclic) bond motifs is 1. The summed E-state index contributed by atoms with van der Waals surface area (Å²) in [5.41, 5.74) is 8.94. The van der Waals surface area contributed by atoms with Crippen molar-refractivity contribution in [2.75, 3.05) is 12.8 Å². The zero-order valence-corrected chi connectivity index (χ0v) is 13.8. The summed E-state index contributed by atoms with van der Waals surface area (Å²) in [5, 5.41) is 6.54. The standard InChI is InChI=1S/C17H15N5OS/c1-23-10-12-14(13-8-5-9-24-13)15(18)22-17(19-12)20-16(21-22)11-6-3-2-4-7-11/h2-9H,10,18H2,1H3. The van der Waals surface area contributed by atoms with Gasteiger partial charge in [-0.1, -0.05) is 36.4 Å². The smallest absolute Gasteiger partial charge is 0.255 e. The Labute approximate surface area is 142 Å². The van der Waals surface area contributed by atoms with Gasteiger partial charge in [0.05, 0.1) is 17.9 Å². The molecule has 2 N–H and O–H groups in total. The Bertz CT molecular complexity index is 979. The van der Waals surface area contributed by atoms with Gasteiger partial charge in [0.15, 0.2) is 5.82 Å². The fraction of sp³-hybridized carbons (Fsp3) is 0.118. The van der Waals surface area contributed by atoms with E-state index in [1.165, 1.54) is 0 Å². The molecule has 3 aromatic heterocycles. The van der Waals surface area contributed by atoms with Crippen LogP contribution in [-0.4, -0.2) is 26.7 Å². The van der Waals surface area contributed by atoms with Crippen LogP contribution in [0.2, 0.25) is 0 Å². The maximum absolute atomic E-state index is 6.40. The van der Waals surface area contributed by atoms with Gasteiger partial charge in [0.1, 0.15) is 5.82 Å². The fourth-order valence-electron chi connectivity index (χ4n) is 2.61. The van der Waals surface area contributed by atoms with Crippen LogP contribution in [0, 0.1) is 0 Å². The van der Waals surface area contributed by atoms with E-state index in [2.05, 4.69) is 15.1 Å². The molecule has 0 saturated carbocycles. The third-order valence-corrected chi connectivity index (χ3v) is 4.57. The highest BCUT2D eigenvalue weighted by Crippen LogP contribution is 2.33. The molecule has 0 aliphatic rings. The number of rotatable bonds is 4. The molecule has 0 fully saturated rings. The Morgan fingerprint density at radius 3 is 2.67 bits per heavy atom. The SMILES string of the molecule is COCc1nc2nc(-c3ccccc3)nn2c(N)c1-c1cccs1. The summed E-state index contributed by atoms with van der Waals surface area (Å²) < 4.78 is 6.88. The number of thiophene rings is 1. The quantitative estimate of drug-likeness (QED) is 0.618. The fourth-order valence-corrected chi connectivity index (χ4v) is 3.41. The Morgan fingerprint density at radius 1 is 1.12 bits per heavy atom. The van der Waals surface area contributed by atoms with Crippen molar-refractivity contribution in [3.05, 3.63) is 53.5 Å². The van der Waals surface area contributed by atoms with Crippen molar-refractivity contribution >= 4 is 22.9 Å². The van der Waals surface area contributed by atoms with Crippen LogP contribution in [-0.2, 0) is 11.3 Å². The van der Waals surface area contributed by atoms with Crippen molar-refractivity contribution in [2.45, 2.75) is 6.61 Å². The Morgan fingerprint density at radius 2 is 1.96 bits per heavy atom. The number of nitrogen functional groups attached to an aromatic ring is 1. The van der Waals surface area contributed by atoms with Crippen molar-refractivity contribution in [3.63, 3.8) is 0 Å². The Kier molecular flexibility index (Phi) is 3.72. The van der Waals surface area contributed by atoms with E-state index < -0.39 is 0 Å².